The zero-order chi connectivity index (χ0) is 23.4. The van der Waals surface area contributed by atoms with E-state index in [1.807, 2.05) is 48.5 Å². The molecule has 0 aliphatic heterocycles. The van der Waals surface area contributed by atoms with Crippen LogP contribution in [0.3, 0.4) is 0 Å². The first kappa shape index (κ1) is 21.6. The predicted molar refractivity (Wildman–Crippen MR) is 117 cm³/mol. The van der Waals surface area contributed by atoms with Crippen LogP contribution in [0.1, 0.15) is 34.1 Å². The summed E-state index contributed by atoms with van der Waals surface area (Å²) in [5, 5.41) is 19.7. The Bertz CT molecular complexity index is 1220. The lowest BCUT2D eigenvalue weighted by Gasteiger charge is -2.13. The van der Waals surface area contributed by atoms with E-state index in [2.05, 4.69) is 31.7 Å². The summed E-state index contributed by atoms with van der Waals surface area (Å²) in [5.41, 5.74) is 4.36. The van der Waals surface area contributed by atoms with Crippen molar-refractivity contribution in [2.45, 2.75) is 18.4 Å². The van der Waals surface area contributed by atoms with E-state index < -0.39 is 24.0 Å². The van der Waals surface area contributed by atoms with Gasteiger partial charge in [0.25, 0.3) is 11.9 Å². The Morgan fingerprint density at radius 2 is 1.76 bits per heavy atom. The van der Waals surface area contributed by atoms with Crippen molar-refractivity contribution < 1.29 is 24.2 Å². The number of hydrogen-bond acceptors (Lipinski definition) is 6. The number of amides is 2. The zero-order valence-electron chi connectivity index (χ0n) is 17.2. The van der Waals surface area contributed by atoms with Crippen molar-refractivity contribution in [1.82, 2.24) is 20.5 Å². The highest BCUT2D eigenvalue weighted by Crippen LogP contribution is 2.44. The number of carbonyl (C=O) groups excluding carboxylic acids is 2. The number of anilines is 1. The van der Waals surface area contributed by atoms with Crippen LogP contribution in [0.4, 0.5) is 10.7 Å². The molecule has 0 bridgehead atoms. The van der Waals surface area contributed by atoms with Crippen molar-refractivity contribution in [1.29, 1.82) is 0 Å². The van der Waals surface area contributed by atoms with Gasteiger partial charge in [0.1, 0.15) is 12.6 Å². The van der Waals surface area contributed by atoms with Crippen LogP contribution < -0.4 is 10.6 Å². The molecular formula is C23H19N5O5. The number of carboxylic acid groups (broad SMARTS) is 1. The Balaban J connectivity index is 1.37. The highest BCUT2D eigenvalue weighted by Gasteiger charge is 2.29. The van der Waals surface area contributed by atoms with Gasteiger partial charge in [0, 0.05) is 12.3 Å². The van der Waals surface area contributed by atoms with Crippen LogP contribution in [-0.2, 0) is 9.53 Å². The molecule has 1 atom stereocenters. The first-order chi connectivity index (χ1) is 16.0. The SMILES string of the molecule is C#CCC(NC(=O)c1nc(NC(=O)OCC2c3ccccc3-c3ccccc32)n[nH]1)C(=O)O. The monoisotopic (exact) mass is 445 g/mol. The molecular weight excluding hydrogens is 426 g/mol. The lowest BCUT2D eigenvalue weighted by molar-refractivity contribution is -0.139. The number of H-pyrrole nitrogens is 1. The average molecular weight is 445 g/mol. The summed E-state index contributed by atoms with van der Waals surface area (Å²) in [7, 11) is 0. The number of aromatic amines is 1. The molecule has 0 saturated heterocycles. The Morgan fingerprint density at radius 3 is 2.36 bits per heavy atom. The average Bonchev–Trinajstić information content (AvgIpc) is 3.40. The van der Waals surface area contributed by atoms with Crippen LogP contribution in [0, 0.1) is 12.3 Å². The van der Waals surface area contributed by atoms with Crippen LogP contribution in [0.5, 0.6) is 0 Å². The van der Waals surface area contributed by atoms with E-state index in [0.29, 0.717) is 0 Å². The van der Waals surface area contributed by atoms with Gasteiger partial charge in [0.2, 0.25) is 5.82 Å². The second-order valence-corrected chi connectivity index (χ2v) is 7.23. The van der Waals surface area contributed by atoms with Gasteiger partial charge in [-0.2, -0.15) is 4.98 Å². The number of aromatic nitrogens is 3. The first-order valence-electron chi connectivity index (χ1n) is 9.99. The maximum absolute atomic E-state index is 12.3. The van der Waals surface area contributed by atoms with Gasteiger partial charge >= 0.3 is 12.1 Å². The van der Waals surface area contributed by atoms with Crippen LogP contribution >= 0.6 is 0 Å². The minimum absolute atomic E-state index is 0.101. The molecule has 2 aromatic carbocycles. The van der Waals surface area contributed by atoms with Gasteiger partial charge in [-0.1, -0.05) is 48.5 Å². The minimum Gasteiger partial charge on any atom is -0.480 e. The molecule has 3 aromatic rings. The predicted octanol–water partition coefficient (Wildman–Crippen LogP) is 2.37. The van der Waals surface area contributed by atoms with E-state index in [1.165, 1.54) is 0 Å². The Labute approximate surface area is 188 Å². The second-order valence-electron chi connectivity index (χ2n) is 7.23. The van der Waals surface area contributed by atoms with Gasteiger partial charge in [0.15, 0.2) is 0 Å². The molecule has 0 fully saturated rings. The molecule has 10 nitrogen and oxygen atoms in total. The van der Waals surface area contributed by atoms with E-state index in [9.17, 15) is 14.4 Å². The Kier molecular flexibility index (Phi) is 6.04. The van der Waals surface area contributed by atoms with E-state index in [-0.39, 0.29) is 30.7 Å². The van der Waals surface area contributed by atoms with Crippen LogP contribution in [0.2, 0.25) is 0 Å². The van der Waals surface area contributed by atoms with E-state index in [4.69, 9.17) is 16.3 Å². The van der Waals surface area contributed by atoms with Crippen molar-refractivity contribution in [3.8, 4) is 23.5 Å². The molecule has 1 aliphatic carbocycles. The summed E-state index contributed by atoms with van der Waals surface area (Å²) >= 11 is 0. The lowest BCUT2D eigenvalue weighted by atomic mass is 9.98. The molecule has 1 aliphatic rings. The van der Waals surface area contributed by atoms with E-state index in [0.717, 1.165) is 22.3 Å². The van der Waals surface area contributed by atoms with Gasteiger partial charge in [-0.05, 0) is 22.3 Å². The van der Waals surface area contributed by atoms with Gasteiger partial charge in [0.05, 0.1) is 0 Å². The number of aliphatic carboxylic acids is 1. The van der Waals surface area contributed by atoms with Crippen LogP contribution in [0.25, 0.3) is 11.1 Å². The molecule has 166 valence electrons. The number of nitrogens with one attached hydrogen (secondary N) is 3. The molecule has 1 aromatic heterocycles. The normalized spacial score (nSPS) is 12.7. The maximum atomic E-state index is 12.3. The molecule has 1 heterocycles. The molecule has 0 spiro atoms. The van der Waals surface area contributed by atoms with Crippen molar-refractivity contribution in [2.75, 3.05) is 11.9 Å². The Morgan fingerprint density at radius 1 is 1.12 bits per heavy atom. The number of fused-ring (bicyclic) bond motifs is 3. The first-order valence-corrected chi connectivity index (χ1v) is 9.99. The number of rotatable bonds is 7. The number of carbonyl (C=O) groups is 3. The molecule has 10 heteroatoms. The molecule has 0 radical (unpaired) electrons. The molecule has 1 unspecified atom stereocenters. The number of ether oxygens (including phenoxy) is 1. The fraction of sp³-hybridized carbons (Fsp3) is 0.174. The van der Waals surface area contributed by atoms with Crippen LogP contribution in [0.15, 0.2) is 48.5 Å². The molecule has 4 rings (SSSR count). The molecule has 2 amide bonds. The molecule has 33 heavy (non-hydrogen) atoms. The number of carboxylic acids is 1. The van der Waals surface area contributed by atoms with Gasteiger partial charge in [-0.25, -0.2) is 9.59 Å². The Hall–Kier alpha value is -4.65. The van der Waals surface area contributed by atoms with Gasteiger partial charge in [-0.15, -0.1) is 17.4 Å². The summed E-state index contributed by atoms with van der Waals surface area (Å²) in [6.07, 6.45) is 4.12. The fourth-order valence-electron chi connectivity index (χ4n) is 3.69. The van der Waals surface area contributed by atoms with Crippen LogP contribution in [-0.4, -0.2) is 50.9 Å². The van der Waals surface area contributed by atoms with Crippen molar-refractivity contribution >= 4 is 23.9 Å². The third kappa shape index (κ3) is 4.52. The zero-order valence-corrected chi connectivity index (χ0v) is 17.2. The highest BCUT2D eigenvalue weighted by atomic mass is 16.5. The number of nitrogens with zero attached hydrogens (tertiary/aromatic N) is 2. The summed E-state index contributed by atoms with van der Waals surface area (Å²) in [6.45, 7) is 0.101. The van der Waals surface area contributed by atoms with Crippen molar-refractivity contribution in [2.24, 2.45) is 0 Å². The number of benzene rings is 2. The van der Waals surface area contributed by atoms with Gasteiger partial charge < -0.3 is 15.2 Å². The standard InChI is InChI=1S/C23H19N5O5/c1-2-7-18(21(30)31)24-20(29)19-25-22(28-27-19)26-23(32)33-12-17-15-10-5-3-8-13(15)14-9-4-6-11-16(14)17/h1,3-6,8-11,17-18H,7,12H2,(H,24,29)(H,30,31)(H2,25,26,27,28,32). The second kappa shape index (κ2) is 9.23. The highest BCUT2D eigenvalue weighted by molar-refractivity contribution is 5.94. The fourth-order valence-corrected chi connectivity index (χ4v) is 3.69. The number of hydrogen-bond donors (Lipinski definition) is 4. The van der Waals surface area contributed by atoms with Gasteiger partial charge in [-0.3, -0.25) is 15.2 Å². The smallest absolute Gasteiger partial charge is 0.414 e. The summed E-state index contributed by atoms with van der Waals surface area (Å²) in [6, 6.07) is 14.6. The van der Waals surface area contributed by atoms with Crippen molar-refractivity contribution in [3.63, 3.8) is 0 Å². The summed E-state index contributed by atoms with van der Waals surface area (Å²) in [5.74, 6) is -0.525. The summed E-state index contributed by atoms with van der Waals surface area (Å²) in [4.78, 5) is 39.4. The minimum atomic E-state index is -1.28. The third-order valence-electron chi connectivity index (χ3n) is 5.18. The maximum Gasteiger partial charge on any atom is 0.414 e. The largest absolute Gasteiger partial charge is 0.480 e. The molecule has 4 N–H and O–H groups in total. The summed E-state index contributed by atoms with van der Waals surface area (Å²) < 4.78 is 5.40. The number of terminal acetylenes is 1. The quantitative estimate of drug-likeness (QED) is 0.408. The molecule has 0 saturated carbocycles. The lowest BCUT2D eigenvalue weighted by Crippen LogP contribution is -2.40. The topological polar surface area (TPSA) is 146 Å². The van der Waals surface area contributed by atoms with E-state index in [1.54, 1.807) is 0 Å². The third-order valence-corrected chi connectivity index (χ3v) is 5.18. The van der Waals surface area contributed by atoms with E-state index >= 15 is 0 Å². The van der Waals surface area contributed by atoms with Crippen molar-refractivity contribution in [3.05, 3.63) is 65.5 Å².